The van der Waals surface area contributed by atoms with Gasteiger partial charge in [0.05, 0.1) is 0 Å². The van der Waals surface area contributed by atoms with Gasteiger partial charge in [0.15, 0.2) is 0 Å². The zero-order chi connectivity index (χ0) is 34.8. The molecule has 0 fully saturated rings. The fraction of sp³-hybridized carbons (Fsp3) is 0.846. The van der Waals surface area contributed by atoms with Crippen LogP contribution in [0.1, 0.15) is 0 Å². The molecule has 0 aliphatic heterocycles. The third-order valence-electron chi connectivity index (χ3n) is 3.80. The Bertz CT molecular complexity index is 1020. The van der Waals surface area contributed by atoms with Gasteiger partial charge in [-0.3, -0.25) is 4.74 Å². The number of carbonyl (C=O) groups is 2. The van der Waals surface area contributed by atoms with E-state index in [0.29, 0.717) is 0 Å². The van der Waals surface area contributed by atoms with Crippen molar-refractivity contribution < 1.29 is 129 Å². The first-order chi connectivity index (χ1) is 17.7. The molecule has 0 aromatic carbocycles. The summed E-state index contributed by atoms with van der Waals surface area (Å²) in [5, 5.41) is 0. The van der Waals surface area contributed by atoms with Crippen LogP contribution in [0.15, 0.2) is 0 Å². The van der Waals surface area contributed by atoms with E-state index >= 15 is 0 Å². The van der Waals surface area contributed by atoms with Gasteiger partial charge in [-0.1, -0.05) is 0 Å². The Balaban J connectivity index is 6.79. The van der Waals surface area contributed by atoms with E-state index in [0.717, 1.165) is 4.74 Å². The van der Waals surface area contributed by atoms with Crippen molar-refractivity contribution in [2.75, 3.05) is 0 Å². The molecule has 0 heterocycles. The molecule has 0 N–H and O–H groups in total. The lowest BCUT2D eigenvalue weighted by atomic mass is 10.1. The maximum absolute atomic E-state index is 13.9. The van der Waals surface area contributed by atoms with E-state index in [2.05, 4.69) is 0 Å². The van der Waals surface area contributed by atoms with E-state index in [1.54, 1.807) is 0 Å². The molecule has 29 heteroatoms. The quantitative estimate of drug-likeness (QED) is 0.187. The van der Waals surface area contributed by atoms with Gasteiger partial charge in [0.25, 0.3) is 0 Å². The van der Waals surface area contributed by atoms with Gasteiger partial charge in [-0.05, 0) is 0 Å². The Morgan fingerprint density at radius 1 is 0.357 bits per heavy atom. The lowest BCUT2D eigenvalue weighted by Crippen LogP contribution is -2.69. The zero-order valence-electron chi connectivity index (χ0n) is 17.6. The summed E-state index contributed by atoms with van der Waals surface area (Å²) < 4.78 is 312. The first kappa shape index (κ1) is 39.2. The number of hydrogen-bond donors (Lipinski definition) is 0. The average Bonchev–Trinajstić information content (AvgIpc) is 2.69. The first-order valence-corrected chi connectivity index (χ1v) is 8.42. The Hall–Kier alpha value is -2.78. The van der Waals surface area contributed by atoms with E-state index in [1.165, 1.54) is 9.47 Å². The van der Waals surface area contributed by atoms with Crippen molar-refractivity contribution in [1.82, 2.24) is 0 Å². The minimum Gasteiger partial charge on any atom is -0.391 e. The Morgan fingerprint density at radius 2 is 0.619 bits per heavy atom. The van der Waals surface area contributed by atoms with Gasteiger partial charge in [-0.25, -0.2) is 9.59 Å². The Morgan fingerprint density at radius 3 is 0.881 bits per heavy atom. The average molecular weight is 692 g/mol. The predicted molar refractivity (Wildman–Crippen MR) is 69.9 cm³/mol. The van der Waals surface area contributed by atoms with Gasteiger partial charge in [-0.15, -0.1) is 0 Å². The smallest absolute Gasteiger partial charge is 0.391 e. The molecule has 5 nitrogen and oxygen atoms in total. The highest BCUT2D eigenvalue weighted by molar-refractivity contribution is 5.79. The zero-order valence-corrected chi connectivity index (χ0v) is 17.6. The van der Waals surface area contributed by atoms with Crippen LogP contribution >= 0.6 is 0 Å². The normalized spacial score (nSPS) is 17.0. The standard InChI is InChI=1S/C13F24O5/c14-3(15,8(23,24)25)1(38)40-11(32,33)5(18,19)6(20,21)12(34,35)42-7(22,10(29,30)31)13(36,37)41-2(39)4(16,17)9(26,27)28. The molecule has 0 rings (SSSR count). The van der Waals surface area contributed by atoms with E-state index in [1.807, 2.05) is 0 Å². The second kappa shape index (κ2) is 10.2. The molecule has 0 aromatic rings. The highest BCUT2D eigenvalue weighted by Gasteiger charge is 2.89. The molecular formula is C13F24O5. The summed E-state index contributed by atoms with van der Waals surface area (Å²) in [6, 6.07) is 0. The van der Waals surface area contributed by atoms with Gasteiger partial charge in [-0.2, -0.15) is 105 Å². The molecule has 0 spiro atoms. The second-order valence-electron chi connectivity index (χ2n) is 6.82. The van der Waals surface area contributed by atoms with E-state index in [9.17, 15) is 115 Å². The molecule has 42 heavy (non-hydrogen) atoms. The molecule has 0 bridgehead atoms. The molecule has 0 saturated carbocycles. The van der Waals surface area contributed by atoms with Gasteiger partial charge in [0.2, 0.25) is 0 Å². The Labute approximate surface area is 209 Å². The summed E-state index contributed by atoms with van der Waals surface area (Å²) in [6.07, 6.45) is -48.2. The molecule has 1 unspecified atom stereocenters. The lowest BCUT2D eigenvalue weighted by Gasteiger charge is -2.40. The van der Waals surface area contributed by atoms with Crippen molar-refractivity contribution in [2.45, 2.75) is 66.4 Å². The van der Waals surface area contributed by atoms with E-state index < -0.39 is 78.3 Å². The van der Waals surface area contributed by atoms with Gasteiger partial charge < -0.3 is 9.47 Å². The number of halogens is 24. The molecule has 0 saturated heterocycles. The molecule has 250 valence electrons. The van der Waals surface area contributed by atoms with Gasteiger partial charge in [0.1, 0.15) is 0 Å². The largest absolute Gasteiger partial charge is 0.473 e. The van der Waals surface area contributed by atoms with Crippen LogP contribution in [0, 0.1) is 0 Å². The monoisotopic (exact) mass is 692 g/mol. The van der Waals surface area contributed by atoms with Crippen molar-refractivity contribution in [3.63, 3.8) is 0 Å². The predicted octanol–water partition coefficient (Wildman–Crippen LogP) is 6.76. The molecule has 0 amide bonds. The number of rotatable bonds is 10. The minimum absolute atomic E-state index is 1.02. The summed E-state index contributed by atoms with van der Waals surface area (Å²) in [6.45, 7) is 0. The molecule has 1 atom stereocenters. The highest BCUT2D eigenvalue weighted by atomic mass is 19.4. The van der Waals surface area contributed by atoms with Crippen LogP contribution in [0.3, 0.4) is 0 Å². The van der Waals surface area contributed by atoms with Crippen LogP contribution in [-0.2, 0) is 23.8 Å². The van der Waals surface area contributed by atoms with E-state index in [4.69, 9.17) is 0 Å². The number of alkyl halides is 24. The van der Waals surface area contributed by atoms with Gasteiger partial charge >= 0.3 is 78.3 Å². The summed E-state index contributed by atoms with van der Waals surface area (Å²) >= 11 is 0. The van der Waals surface area contributed by atoms with Crippen LogP contribution in [0.2, 0.25) is 0 Å². The maximum Gasteiger partial charge on any atom is 0.473 e. The fourth-order valence-corrected chi connectivity index (χ4v) is 1.61. The van der Waals surface area contributed by atoms with Crippen LogP contribution in [0.4, 0.5) is 105 Å². The summed E-state index contributed by atoms with van der Waals surface area (Å²) in [5.41, 5.74) is 0. The number of hydrogen-bond acceptors (Lipinski definition) is 5. The van der Waals surface area contributed by atoms with Crippen LogP contribution in [0.5, 0.6) is 0 Å². The summed E-state index contributed by atoms with van der Waals surface area (Å²) in [7, 11) is 0. The SMILES string of the molecule is O=C(OC(F)(F)C(F)(F)C(F)(F)C(F)(F)OC(F)(C(F)(F)F)C(F)(F)OC(=O)C(F)(F)C(F)(F)F)C(F)(F)C(F)(F)F. The molecule has 0 radical (unpaired) electrons. The van der Waals surface area contributed by atoms with Crippen LogP contribution < -0.4 is 0 Å². The number of ether oxygens (including phenoxy) is 3. The molecular weight excluding hydrogens is 692 g/mol. The van der Waals surface area contributed by atoms with Crippen molar-refractivity contribution in [2.24, 2.45) is 0 Å². The highest BCUT2D eigenvalue weighted by Crippen LogP contribution is 2.58. The lowest BCUT2D eigenvalue weighted by molar-refractivity contribution is -0.534. The minimum atomic E-state index is -8.87. The molecule has 0 aliphatic rings. The number of esters is 2. The first-order valence-electron chi connectivity index (χ1n) is 8.42. The van der Waals surface area contributed by atoms with Crippen molar-refractivity contribution in [3.05, 3.63) is 0 Å². The van der Waals surface area contributed by atoms with Crippen molar-refractivity contribution >= 4 is 11.9 Å². The van der Waals surface area contributed by atoms with Gasteiger partial charge in [0, 0.05) is 0 Å². The number of carbonyl (C=O) groups excluding carboxylic acids is 2. The second-order valence-corrected chi connectivity index (χ2v) is 6.82. The summed E-state index contributed by atoms with van der Waals surface area (Å²) in [4.78, 5) is 20.9. The summed E-state index contributed by atoms with van der Waals surface area (Å²) in [5.74, 6) is -50.9. The van der Waals surface area contributed by atoms with Crippen molar-refractivity contribution in [3.8, 4) is 0 Å². The third-order valence-corrected chi connectivity index (χ3v) is 3.80. The topological polar surface area (TPSA) is 61.8 Å². The van der Waals surface area contributed by atoms with E-state index in [-0.39, 0.29) is 0 Å². The fourth-order valence-electron chi connectivity index (χ4n) is 1.61. The van der Waals surface area contributed by atoms with Crippen LogP contribution in [0.25, 0.3) is 0 Å². The third kappa shape index (κ3) is 6.27. The van der Waals surface area contributed by atoms with Crippen LogP contribution in [-0.4, -0.2) is 78.3 Å². The maximum atomic E-state index is 13.9. The molecule has 0 aromatic heterocycles. The Kier molecular flexibility index (Phi) is 9.48. The molecule has 0 aliphatic carbocycles. The van der Waals surface area contributed by atoms with Crippen molar-refractivity contribution in [1.29, 1.82) is 0 Å².